The van der Waals surface area contributed by atoms with Gasteiger partial charge in [-0.25, -0.2) is 4.98 Å². The number of allylic oxidation sites excluding steroid dienone is 2. The number of aromatic nitrogens is 1. The molecule has 0 bridgehead atoms. The van der Waals surface area contributed by atoms with Crippen LogP contribution in [0.15, 0.2) is 35.6 Å². The summed E-state index contributed by atoms with van der Waals surface area (Å²) in [6, 6.07) is 7.46. The summed E-state index contributed by atoms with van der Waals surface area (Å²) < 4.78 is 6.30. The van der Waals surface area contributed by atoms with Crippen LogP contribution in [0.25, 0.3) is 0 Å². The van der Waals surface area contributed by atoms with Gasteiger partial charge in [-0.3, -0.25) is 9.59 Å². The van der Waals surface area contributed by atoms with Gasteiger partial charge in [0.05, 0.1) is 22.5 Å². The van der Waals surface area contributed by atoms with E-state index in [9.17, 15) is 9.59 Å². The molecule has 2 N–H and O–H groups in total. The number of hydrogen-bond donors (Lipinski definition) is 1. The SMILES string of the molecule is CC1(C)CC(=O)C2=C(C1)Oc1nc3c(c(N)c1C2c1ccccc1Cl)C(=O)CC(C)(C)C3. The Hall–Kier alpha value is -2.66. The van der Waals surface area contributed by atoms with Gasteiger partial charge in [0.25, 0.3) is 0 Å². The molecule has 0 saturated heterocycles. The lowest BCUT2D eigenvalue weighted by molar-refractivity contribution is -0.118. The molecule has 5 nitrogen and oxygen atoms in total. The van der Waals surface area contributed by atoms with Crippen LogP contribution in [-0.4, -0.2) is 16.6 Å². The molecule has 1 aromatic heterocycles. The maximum Gasteiger partial charge on any atom is 0.225 e. The third-order valence-corrected chi connectivity index (χ3v) is 7.12. The van der Waals surface area contributed by atoms with Crippen molar-refractivity contribution in [3.63, 3.8) is 0 Å². The van der Waals surface area contributed by atoms with Crippen molar-refractivity contribution in [3.05, 3.63) is 63.0 Å². The number of rotatable bonds is 1. The molecule has 0 saturated carbocycles. The highest BCUT2D eigenvalue weighted by atomic mass is 35.5. The fourth-order valence-electron chi connectivity index (χ4n) is 5.45. The number of carbonyl (C=O) groups excluding carboxylic acids is 2. The van der Waals surface area contributed by atoms with Gasteiger partial charge in [0.1, 0.15) is 5.76 Å². The number of ketones is 2. The Balaban J connectivity index is 1.80. The highest BCUT2D eigenvalue weighted by molar-refractivity contribution is 6.31. The van der Waals surface area contributed by atoms with Crippen LogP contribution in [-0.2, 0) is 11.2 Å². The number of benzene rings is 1. The number of fused-ring (bicyclic) bond motifs is 2. The molecular formula is C26H27ClN2O3. The normalized spacial score (nSPS) is 23.2. The summed E-state index contributed by atoms with van der Waals surface area (Å²) in [5.41, 5.74) is 9.72. The summed E-state index contributed by atoms with van der Waals surface area (Å²) in [7, 11) is 0. The number of nitrogens with zero attached hydrogens (tertiary/aromatic N) is 1. The van der Waals surface area contributed by atoms with Gasteiger partial charge in [-0.15, -0.1) is 0 Å². The first kappa shape index (κ1) is 21.2. The molecule has 0 amide bonds. The van der Waals surface area contributed by atoms with Crippen LogP contribution in [0.1, 0.15) is 80.1 Å². The molecule has 1 atom stereocenters. The summed E-state index contributed by atoms with van der Waals surface area (Å²) in [6.45, 7) is 8.24. The minimum Gasteiger partial charge on any atom is -0.443 e. The highest BCUT2D eigenvalue weighted by Crippen LogP contribution is 2.53. The van der Waals surface area contributed by atoms with E-state index < -0.39 is 5.92 Å². The Kier molecular flexibility index (Phi) is 4.58. The monoisotopic (exact) mass is 450 g/mol. The number of pyridine rings is 1. The predicted octanol–water partition coefficient (Wildman–Crippen LogP) is 5.64. The standard InChI is InChI=1S/C26H27ClN2O3/c1-25(2)9-15-20(16(30)10-25)23(28)22-19(13-7-5-6-8-14(13)27)21-17(31)11-26(3,4)12-18(21)32-24(22)29-15/h5-8,19H,9-12H2,1-4H3,(H2,28,29). The number of nitrogens with two attached hydrogens (primary N) is 1. The second-order valence-electron chi connectivity index (χ2n) is 10.8. The van der Waals surface area contributed by atoms with Gasteiger partial charge in [0.2, 0.25) is 5.88 Å². The van der Waals surface area contributed by atoms with E-state index in [1.165, 1.54) is 0 Å². The minimum atomic E-state index is -0.508. The molecule has 3 aliphatic rings. The zero-order chi connectivity index (χ0) is 23.0. The first-order valence-electron chi connectivity index (χ1n) is 11.0. The average molecular weight is 451 g/mol. The summed E-state index contributed by atoms with van der Waals surface area (Å²) in [5.74, 6) is 0.527. The average Bonchev–Trinajstić information content (AvgIpc) is 2.64. The fraction of sp³-hybridized carbons (Fsp3) is 0.423. The van der Waals surface area contributed by atoms with Gasteiger partial charge in [-0.05, 0) is 28.9 Å². The number of nitrogen functional groups attached to an aromatic ring is 1. The maximum atomic E-state index is 13.4. The maximum absolute atomic E-state index is 13.4. The Morgan fingerprint density at radius 3 is 2.38 bits per heavy atom. The molecular weight excluding hydrogens is 424 g/mol. The third-order valence-electron chi connectivity index (χ3n) is 6.77. The van der Waals surface area contributed by atoms with Crippen LogP contribution in [0, 0.1) is 10.8 Å². The Morgan fingerprint density at radius 1 is 1.00 bits per heavy atom. The molecule has 1 unspecified atom stereocenters. The molecule has 1 aromatic carbocycles. The number of Topliss-reactive ketones (excluding diaryl/α,β-unsaturated/α-hetero) is 2. The molecule has 0 radical (unpaired) electrons. The van der Waals surface area contributed by atoms with E-state index in [1.807, 2.05) is 18.2 Å². The van der Waals surface area contributed by atoms with Gasteiger partial charge in [0, 0.05) is 35.8 Å². The molecule has 32 heavy (non-hydrogen) atoms. The van der Waals surface area contributed by atoms with Crippen LogP contribution >= 0.6 is 11.6 Å². The van der Waals surface area contributed by atoms with E-state index in [2.05, 4.69) is 27.7 Å². The van der Waals surface area contributed by atoms with Crippen molar-refractivity contribution in [1.29, 1.82) is 0 Å². The summed E-state index contributed by atoms with van der Waals surface area (Å²) in [5, 5.41) is 0.541. The zero-order valence-electron chi connectivity index (χ0n) is 18.8. The van der Waals surface area contributed by atoms with Crippen molar-refractivity contribution in [3.8, 4) is 5.88 Å². The number of hydrogen-bond acceptors (Lipinski definition) is 5. The number of halogens is 1. The van der Waals surface area contributed by atoms with Crippen LogP contribution < -0.4 is 10.5 Å². The van der Waals surface area contributed by atoms with E-state index in [4.69, 9.17) is 27.1 Å². The first-order valence-corrected chi connectivity index (χ1v) is 11.4. The molecule has 6 heteroatoms. The number of anilines is 1. The second kappa shape index (κ2) is 6.92. The van der Waals surface area contributed by atoms with Crippen molar-refractivity contribution < 1.29 is 14.3 Å². The number of carbonyl (C=O) groups is 2. The smallest absolute Gasteiger partial charge is 0.225 e. The van der Waals surface area contributed by atoms with Crippen molar-refractivity contribution >= 4 is 28.9 Å². The van der Waals surface area contributed by atoms with E-state index >= 15 is 0 Å². The molecule has 2 heterocycles. The molecule has 1 aliphatic heterocycles. The van der Waals surface area contributed by atoms with Crippen molar-refractivity contribution in [1.82, 2.24) is 4.98 Å². The summed E-state index contributed by atoms with van der Waals surface area (Å²) >= 11 is 6.62. The van der Waals surface area contributed by atoms with E-state index in [1.54, 1.807) is 6.07 Å². The molecule has 0 spiro atoms. The van der Waals surface area contributed by atoms with Gasteiger partial charge in [-0.2, -0.15) is 0 Å². The Bertz CT molecular complexity index is 1230. The van der Waals surface area contributed by atoms with Gasteiger partial charge >= 0.3 is 0 Å². The Labute approximate surface area is 193 Å². The van der Waals surface area contributed by atoms with E-state index in [-0.39, 0.29) is 22.4 Å². The zero-order valence-corrected chi connectivity index (χ0v) is 19.6. The van der Waals surface area contributed by atoms with Gasteiger partial charge in [-0.1, -0.05) is 57.5 Å². The molecule has 0 fully saturated rings. The Morgan fingerprint density at radius 2 is 1.66 bits per heavy atom. The lowest BCUT2D eigenvalue weighted by Gasteiger charge is -2.39. The number of ether oxygens (including phenoxy) is 1. The van der Waals surface area contributed by atoms with Crippen molar-refractivity contribution in [2.45, 2.75) is 59.3 Å². The molecule has 166 valence electrons. The van der Waals surface area contributed by atoms with Gasteiger partial charge in [0.15, 0.2) is 11.6 Å². The second-order valence-corrected chi connectivity index (χ2v) is 11.2. The van der Waals surface area contributed by atoms with E-state index in [0.717, 1.165) is 5.56 Å². The quantitative estimate of drug-likeness (QED) is 0.607. The third kappa shape index (κ3) is 3.25. The largest absolute Gasteiger partial charge is 0.443 e. The lowest BCUT2D eigenvalue weighted by atomic mass is 9.69. The van der Waals surface area contributed by atoms with Crippen LogP contribution in [0.3, 0.4) is 0 Å². The minimum absolute atomic E-state index is 0.0159. The van der Waals surface area contributed by atoms with Crippen molar-refractivity contribution in [2.24, 2.45) is 10.8 Å². The predicted molar refractivity (Wildman–Crippen MR) is 124 cm³/mol. The topological polar surface area (TPSA) is 82.3 Å². The van der Waals surface area contributed by atoms with Crippen LogP contribution in [0.4, 0.5) is 5.69 Å². The van der Waals surface area contributed by atoms with Gasteiger partial charge < -0.3 is 10.5 Å². The van der Waals surface area contributed by atoms with Crippen LogP contribution in [0.5, 0.6) is 5.88 Å². The first-order chi connectivity index (χ1) is 15.0. The van der Waals surface area contributed by atoms with E-state index in [0.29, 0.717) is 70.4 Å². The van der Waals surface area contributed by atoms with Crippen LogP contribution in [0.2, 0.25) is 5.02 Å². The molecule has 2 aromatic rings. The lowest BCUT2D eigenvalue weighted by Crippen LogP contribution is -2.35. The fourth-order valence-corrected chi connectivity index (χ4v) is 5.70. The highest BCUT2D eigenvalue weighted by Gasteiger charge is 2.46. The van der Waals surface area contributed by atoms with Crippen molar-refractivity contribution in [2.75, 3.05) is 5.73 Å². The molecule has 5 rings (SSSR count). The summed E-state index contributed by atoms with van der Waals surface area (Å²) in [4.78, 5) is 31.3. The molecule has 2 aliphatic carbocycles. The summed E-state index contributed by atoms with van der Waals surface area (Å²) in [6.07, 6.45) is 2.08.